The van der Waals surface area contributed by atoms with Crippen LogP contribution < -0.4 is 4.72 Å². The lowest BCUT2D eigenvalue weighted by molar-refractivity contribution is 0.299. The van der Waals surface area contributed by atoms with Gasteiger partial charge in [0.15, 0.2) is 0 Å². The fourth-order valence-corrected chi connectivity index (χ4v) is 5.19. The van der Waals surface area contributed by atoms with Crippen molar-refractivity contribution in [2.24, 2.45) is 5.92 Å². The van der Waals surface area contributed by atoms with Crippen LogP contribution in [0.3, 0.4) is 0 Å². The van der Waals surface area contributed by atoms with E-state index >= 15 is 0 Å². The van der Waals surface area contributed by atoms with Crippen molar-refractivity contribution in [3.63, 3.8) is 0 Å². The van der Waals surface area contributed by atoms with Gasteiger partial charge in [-0.3, -0.25) is 4.72 Å². The Morgan fingerprint density at radius 1 is 1.04 bits per heavy atom. The van der Waals surface area contributed by atoms with E-state index in [1.807, 2.05) is 49.8 Å². The van der Waals surface area contributed by atoms with Crippen LogP contribution in [0.2, 0.25) is 0 Å². The van der Waals surface area contributed by atoms with Gasteiger partial charge in [0.2, 0.25) is 20.0 Å². The van der Waals surface area contributed by atoms with Crippen molar-refractivity contribution in [1.82, 2.24) is 4.31 Å². The van der Waals surface area contributed by atoms with Crippen LogP contribution >= 0.6 is 0 Å². The highest BCUT2D eigenvalue weighted by atomic mass is 32.2. The van der Waals surface area contributed by atoms with Gasteiger partial charge in [0.1, 0.15) is 5.82 Å². The predicted octanol–water partition coefficient (Wildman–Crippen LogP) is 3.52. The first kappa shape index (κ1) is 22.3. The lowest BCUT2D eigenvalue weighted by Crippen LogP contribution is -2.34. The molecule has 0 saturated heterocycles. The Labute approximate surface area is 166 Å². The van der Waals surface area contributed by atoms with Gasteiger partial charge in [-0.1, -0.05) is 38.1 Å². The number of anilines is 1. The highest BCUT2D eigenvalue weighted by molar-refractivity contribution is 7.92. The molecule has 0 heterocycles. The fraction of sp³-hybridized carbons (Fsp3) is 0.368. The molecule has 28 heavy (non-hydrogen) atoms. The molecule has 0 spiro atoms. The zero-order valence-corrected chi connectivity index (χ0v) is 18.1. The highest BCUT2D eigenvalue weighted by Crippen LogP contribution is 2.34. The summed E-state index contributed by atoms with van der Waals surface area (Å²) in [4.78, 5) is -0.245. The molecule has 0 aliphatic carbocycles. The summed E-state index contributed by atoms with van der Waals surface area (Å²) in [6, 6.07) is 10.2. The van der Waals surface area contributed by atoms with Gasteiger partial charge in [-0.15, -0.1) is 0 Å². The largest absolute Gasteiger partial charge is 0.281 e. The molecule has 1 N–H and O–H groups in total. The van der Waals surface area contributed by atoms with Gasteiger partial charge in [0.25, 0.3) is 0 Å². The molecule has 0 amide bonds. The van der Waals surface area contributed by atoms with Crippen molar-refractivity contribution >= 4 is 25.7 Å². The molecule has 2 aromatic carbocycles. The molecule has 0 saturated carbocycles. The summed E-state index contributed by atoms with van der Waals surface area (Å²) in [6.07, 6.45) is 0.889. The summed E-state index contributed by atoms with van der Waals surface area (Å²) in [5.74, 6) is -0.992. The number of hydrogen-bond donors (Lipinski definition) is 1. The Morgan fingerprint density at radius 2 is 1.64 bits per heavy atom. The zero-order valence-electron chi connectivity index (χ0n) is 16.5. The Morgan fingerprint density at radius 3 is 2.14 bits per heavy atom. The molecule has 1 atom stereocenters. The third-order valence-electron chi connectivity index (χ3n) is 4.44. The molecule has 154 valence electrons. The molecule has 0 aromatic heterocycles. The number of sulfonamides is 2. The maximum atomic E-state index is 14.3. The Bertz CT molecular complexity index is 1070. The number of nitrogens with zero attached hydrogens (tertiary/aromatic N) is 1. The minimum Gasteiger partial charge on any atom is -0.281 e. The summed E-state index contributed by atoms with van der Waals surface area (Å²) in [7, 11) is -6.23. The fourth-order valence-electron chi connectivity index (χ4n) is 3.15. The van der Waals surface area contributed by atoms with E-state index in [0.717, 1.165) is 29.5 Å². The summed E-state index contributed by atoms with van der Waals surface area (Å²) in [5.41, 5.74) is 1.53. The van der Waals surface area contributed by atoms with Crippen molar-refractivity contribution in [3.05, 3.63) is 59.4 Å². The molecule has 1 unspecified atom stereocenters. The number of rotatable bonds is 7. The maximum Gasteiger partial charge on any atom is 0.243 e. The zero-order chi connectivity index (χ0) is 21.3. The van der Waals surface area contributed by atoms with E-state index in [4.69, 9.17) is 0 Å². The van der Waals surface area contributed by atoms with E-state index in [1.165, 1.54) is 17.4 Å². The Hall–Kier alpha value is -1.97. The van der Waals surface area contributed by atoms with Gasteiger partial charge in [-0.05, 0) is 42.2 Å². The lowest BCUT2D eigenvalue weighted by Gasteiger charge is -2.32. The van der Waals surface area contributed by atoms with Crippen molar-refractivity contribution < 1.29 is 21.2 Å². The van der Waals surface area contributed by atoms with Crippen LogP contribution in [-0.4, -0.2) is 34.4 Å². The first-order valence-corrected chi connectivity index (χ1v) is 12.0. The highest BCUT2D eigenvalue weighted by Gasteiger charge is 2.32. The standard InChI is InChI=1S/C19H25FN2O4S2/c1-13(2)19(16-9-7-6-8-14(16)3)22(4)28(25,26)15-10-11-18(17(20)12-15)21-27(5,23)24/h6-13,19,21H,1-5H3. The van der Waals surface area contributed by atoms with E-state index < -0.39 is 31.9 Å². The van der Waals surface area contributed by atoms with Gasteiger partial charge < -0.3 is 0 Å². The van der Waals surface area contributed by atoms with Crippen molar-refractivity contribution in [3.8, 4) is 0 Å². The van der Waals surface area contributed by atoms with Gasteiger partial charge in [-0.25, -0.2) is 21.2 Å². The molecule has 6 nitrogen and oxygen atoms in total. The minimum absolute atomic E-state index is 0.0307. The van der Waals surface area contributed by atoms with Crippen LogP contribution in [0.15, 0.2) is 47.4 Å². The van der Waals surface area contributed by atoms with Crippen LogP contribution in [0.25, 0.3) is 0 Å². The third-order valence-corrected chi connectivity index (χ3v) is 6.87. The monoisotopic (exact) mass is 428 g/mol. The second-order valence-electron chi connectivity index (χ2n) is 7.08. The van der Waals surface area contributed by atoms with Gasteiger partial charge in [0, 0.05) is 7.05 Å². The average molecular weight is 429 g/mol. The third kappa shape index (κ3) is 4.89. The van der Waals surface area contributed by atoms with Gasteiger partial charge in [0.05, 0.1) is 22.9 Å². The van der Waals surface area contributed by atoms with Crippen LogP contribution in [0.5, 0.6) is 0 Å². The molecule has 0 radical (unpaired) electrons. The topological polar surface area (TPSA) is 83.6 Å². The normalized spacial score (nSPS) is 13.7. The summed E-state index contributed by atoms with van der Waals surface area (Å²) in [6.45, 7) is 5.75. The first-order valence-electron chi connectivity index (χ1n) is 8.65. The summed E-state index contributed by atoms with van der Waals surface area (Å²) >= 11 is 0. The van der Waals surface area contributed by atoms with Crippen LogP contribution in [0, 0.1) is 18.7 Å². The van der Waals surface area contributed by atoms with E-state index in [1.54, 1.807) is 0 Å². The second-order valence-corrected chi connectivity index (χ2v) is 10.8. The molecule has 2 aromatic rings. The van der Waals surface area contributed by atoms with E-state index in [9.17, 15) is 21.2 Å². The molecule has 9 heteroatoms. The molecule has 2 rings (SSSR count). The summed E-state index contributed by atoms with van der Waals surface area (Å²) < 4.78 is 66.4. The molecular formula is C19H25FN2O4S2. The van der Waals surface area contributed by atoms with Crippen LogP contribution in [0.4, 0.5) is 10.1 Å². The second kappa shape index (κ2) is 8.18. The number of hydrogen-bond acceptors (Lipinski definition) is 4. The number of nitrogens with one attached hydrogen (secondary N) is 1. The van der Waals surface area contributed by atoms with Crippen molar-refractivity contribution in [2.45, 2.75) is 31.7 Å². The molecule has 0 aliphatic heterocycles. The Balaban J connectivity index is 2.47. The molecular weight excluding hydrogens is 403 g/mol. The summed E-state index contributed by atoms with van der Waals surface area (Å²) in [5, 5.41) is 0. The molecule has 0 bridgehead atoms. The molecule has 0 fully saturated rings. The average Bonchev–Trinajstić information content (AvgIpc) is 2.57. The lowest BCUT2D eigenvalue weighted by atomic mass is 9.93. The van der Waals surface area contributed by atoms with Crippen LogP contribution in [-0.2, 0) is 20.0 Å². The SMILES string of the molecule is Cc1ccccc1C(C(C)C)N(C)S(=O)(=O)c1ccc(NS(C)(=O)=O)c(F)c1. The first-order chi connectivity index (χ1) is 12.8. The molecule has 0 aliphatic rings. The number of aryl methyl sites for hydroxylation is 1. The smallest absolute Gasteiger partial charge is 0.243 e. The van der Waals surface area contributed by atoms with E-state index in [2.05, 4.69) is 0 Å². The van der Waals surface area contributed by atoms with Gasteiger partial charge >= 0.3 is 0 Å². The predicted molar refractivity (Wildman–Crippen MR) is 109 cm³/mol. The van der Waals surface area contributed by atoms with E-state index in [-0.39, 0.29) is 16.5 Å². The quantitative estimate of drug-likeness (QED) is 0.731. The number of benzene rings is 2. The minimum atomic E-state index is -4.01. The van der Waals surface area contributed by atoms with Crippen molar-refractivity contribution in [2.75, 3.05) is 18.0 Å². The number of halogens is 1. The van der Waals surface area contributed by atoms with E-state index in [0.29, 0.717) is 0 Å². The van der Waals surface area contributed by atoms with Crippen molar-refractivity contribution in [1.29, 1.82) is 0 Å². The van der Waals surface area contributed by atoms with Crippen LogP contribution in [0.1, 0.15) is 31.0 Å². The Kier molecular flexibility index (Phi) is 6.52. The van der Waals surface area contributed by atoms with Gasteiger partial charge in [-0.2, -0.15) is 4.31 Å². The maximum absolute atomic E-state index is 14.3.